The molecule has 3 amide bonds. The predicted molar refractivity (Wildman–Crippen MR) is 97.6 cm³/mol. The maximum atomic E-state index is 12.2. The van der Waals surface area contributed by atoms with Crippen molar-refractivity contribution in [3.8, 4) is 5.75 Å². The Morgan fingerprint density at radius 3 is 2.56 bits per heavy atom. The van der Waals surface area contributed by atoms with Crippen LogP contribution in [-0.2, 0) is 10.3 Å². The number of carbonyl (C=O) groups excluding carboxylic acids is 2. The Hall–Kier alpha value is -2.24. The standard InChI is InChI=1S/C19H29N3O3/c1-19(2,15-10-6-7-11-16(15)25-3)22-18(24)20-13-12-17(23)21-14-8-4-5-9-14/h6-7,10-11,14H,4-5,8-9,12-13H2,1-3H3,(H,21,23)(H2,20,22,24). The van der Waals surface area contributed by atoms with Crippen LogP contribution in [0.2, 0.25) is 0 Å². The lowest BCUT2D eigenvalue weighted by Crippen LogP contribution is -2.47. The molecule has 0 saturated heterocycles. The van der Waals surface area contributed by atoms with E-state index in [0.717, 1.165) is 24.2 Å². The van der Waals surface area contributed by atoms with Gasteiger partial charge in [-0.05, 0) is 32.8 Å². The molecule has 0 aliphatic heterocycles. The van der Waals surface area contributed by atoms with Crippen LogP contribution < -0.4 is 20.7 Å². The zero-order valence-electron chi connectivity index (χ0n) is 15.4. The van der Waals surface area contributed by atoms with E-state index in [1.165, 1.54) is 12.8 Å². The molecule has 25 heavy (non-hydrogen) atoms. The average molecular weight is 347 g/mol. The molecule has 0 spiro atoms. The van der Waals surface area contributed by atoms with E-state index in [-0.39, 0.29) is 11.9 Å². The zero-order valence-corrected chi connectivity index (χ0v) is 15.4. The van der Waals surface area contributed by atoms with E-state index in [9.17, 15) is 9.59 Å². The number of benzene rings is 1. The van der Waals surface area contributed by atoms with Gasteiger partial charge < -0.3 is 20.7 Å². The first kappa shape index (κ1) is 19.1. The summed E-state index contributed by atoms with van der Waals surface area (Å²) in [4.78, 5) is 24.0. The molecule has 0 bridgehead atoms. The highest BCUT2D eigenvalue weighted by atomic mass is 16.5. The third-order valence-electron chi connectivity index (χ3n) is 4.56. The van der Waals surface area contributed by atoms with Gasteiger partial charge in [0.05, 0.1) is 12.6 Å². The van der Waals surface area contributed by atoms with Gasteiger partial charge in [-0.25, -0.2) is 4.79 Å². The van der Waals surface area contributed by atoms with Crippen molar-refractivity contribution in [2.24, 2.45) is 0 Å². The topological polar surface area (TPSA) is 79.5 Å². The molecule has 6 heteroatoms. The summed E-state index contributed by atoms with van der Waals surface area (Å²) >= 11 is 0. The highest BCUT2D eigenvalue weighted by molar-refractivity contribution is 5.78. The Balaban J connectivity index is 1.77. The fourth-order valence-electron chi connectivity index (χ4n) is 3.22. The molecule has 1 aromatic rings. The van der Waals surface area contributed by atoms with Gasteiger partial charge >= 0.3 is 6.03 Å². The van der Waals surface area contributed by atoms with Crippen molar-refractivity contribution in [1.29, 1.82) is 0 Å². The van der Waals surface area contributed by atoms with Crippen molar-refractivity contribution in [3.05, 3.63) is 29.8 Å². The number of nitrogens with one attached hydrogen (secondary N) is 3. The summed E-state index contributed by atoms with van der Waals surface area (Å²) in [5.74, 6) is 0.722. The fourth-order valence-corrected chi connectivity index (χ4v) is 3.22. The molecule has 6 nitrogen and oxygen atoms in total. The van der Waals surface area contributed by atoms with E-state index < -0.39 is 5.54 Å². The van der Waals surface area contributed by atoms with Crippen LogP contribution in [0.3, 0.4) is 0 Å². The molecule has 1 aromatic carbocycles. The normalized spacial score (nSPS) is 14.8. The van der Waals surface area contributed by atoms with Crippen molar-refractivity contribution in [1.82, 2.24) is 16.0 Å². The predicted octanol–water partition coefficient (Wildman–Crippen LogP) is 2.68. The zero-order chi connectivity index (χ0) is 18.3. The Labute approximate surface area is 149 Å². The minimum Gasteiger partial charge on any atom is -0.496 e. The van der Waals surface area contributed by atoms with Gasteiger partial charge in [0.15, 0.2) is 0 Å². The van der Waals surface area contributed by atoms with Crippen molar-refractivity contribution >= 4 is 11.9 Å². The van der Waals surface area contributed by atoms with Gasteiger partial charge in [-0.1, -0.05) is 31.0 Å². The minimum atomic E-state index is -0.594. The van der Waals surface area contributed by atoms with Gasteiger partial charge in [-0.2, -0.15) is 0 Å². The summed E-state index contributed by atoms with van der Waals surface area (Å²) < 4.78 is 5.36. The first-order chi connectivity index (χ1) is 11.9. The summed E-state index contributed by atoms with van der Waals surface area (Å²) in [6.45, 7) is 4.14. The molecule has 1 aliphatic rings. The molecule has 138 valence electrons. The molecule has 1 aliphatic carbocycles. The highest BCUT2D eigenvalue weighted by Gasteiger charge is 2.26. The summed E-state index contributed by atoms with van der Waals surface area (Å²) in [7, 11) is 1.61. The van der Waals surface area contributed by atoms with Crippen LogP contribution >= 0.6 is 0 Å². The third kappa shape index (κ3) is 5.66. The number of rotatable bonds is 7. The number of urea groups is 1. The lowest BCUT2D eigenvalue weighted by Gasteiger charge is -2.28. The van der Waals surface area contributed by atoms with E-state index in [1.807, 2.05) is 38.1 Å². The van der Waals surface area contributed by atoms with E-state index in [2.05, 4.69) is 16.0 Å². The van der Waals surface area contributed by atoms with Crippen molar-refractivity contribution in [2.45, 2.75) is 57.5 Å². The lowest BCUT2D eigenvalue weighted by atomic mass is 9.93. The molecular weight excluding hydrogens is 318 g/mol. The van der Waals surface area contributed by atoms with Crippen molar-refractivity contribution in [2.75, 3.05) is 13.7 Å². The number of para-hydroxylation sites is 1. The quantitative estimate of drug-likeness (QED) is 0.709. The van der Waals surface area contributed by atoms with Crippen LogP contribution in [-0.4, -0.2) is 31.6 Å². The number of carbonyl (C=O) groups is 2. The second kappa shape index (κ2) is 8.74. The Morgan fingerprint density at radius 1 is 1.20 bits per heavy atom. The molecule has 0 atom stereocenters. The van der Waals surface area contributed by atoms with Gasteiger partial charge in [0.25, 0.3) is 0 Å². The molecule has 1 saturated carbocycles. The minimum absolute atomic E-state index is 0.00353. The molecule has 3 N–H and O–H groups in total. The molecular formula is C19H29N3O3. The SMILES string of the molecule is COc1ccccc1C(C)(C)NC(=O)NCCC(=O)NC1CCCC1. The molecule has 0 heterocycles. The van der Waals surface area contributed by atoms with Crippen LogP contribution in [0, 0.1) is 0 Å². The average Bonchev–Trinajstić information content (AvgIpc) is 3.07. The van der Waals surface area contributed by atoms with Crippen molar-refractivity contribution in [3.63, 3.8) is 0 Å². The van der Waals surface area contributed by atoms with E-state index in [1.54, 1.807) is 7.11 Å². The third-order valence-corrected chi connectivity index (χ3v) is 4.56. The highest BCUT2D eigenvalue weighted by Crippen LogP contribution is 2.29. The molecule has 0 aromatic heterocycles. The molecule has 1 fully saturated rings. The van der Waals surface area contributed by atoms with Crippen LogP contribution in [0.25, 0.3) is 0 Å². The number of amides is 3. The number of methoxy groups -OCH3 is 1. The molecule has 0 radical (unpaired) electrons. The van der Waals surface area contributed by atoms with E-state index in [4.69, 9.17) is 4.74 Å². The van der Waals surface area contributed by atoms with Gasteiger partial charge in [0, 0.05) is 24.6 Å². The van der Waals surface area contributed by atoms with Crippen molar-refractivity contribution < 1.29 is 14.3 Å². The first-order valence-corrected chi connectivity index (χ1v) is 8.91. The van der Waals surface area contributed by atoms with Gasteiger partial charge in [0.2, 0.25) is 5.91 Å². The van der Waals surface area contributed by atoms with Crippen LogP contribution in [0.1, 0.15) is 51.5 Å². The second-order valence-electron chi connectivity index (χ2n) is 7.01. The Bertz CT molecular complexity index is 595. The molecule has 0 unspecified atom stereocenters. The van der Waals surface area contributed by atoms with Crippen LogP contribution in [0.4, 0.5) is 4.79 Å². The first-order valence-electron chi connectivity index (χ1n) is 8.91. The van der Waals surface area contributed by atoms with E-state index >= 15 is 0 Å². The van der Waals surface area contributed by atoms with E-state index in [0.29, 0.717) is 19.0 Å². The lowest BCUT2D eigenvalue weighted by molar-refractivity contribution is -0.121. The van der Waals surface area contributed by atoms with Gasteiger partial charge in [-0.15, -0.1) is 0 Å². The van der Waals surface area contributed by atoms with Gasteiger partial charge in [-0.3, -0.25) is 4.79 Å². The van der Waals surface area contributed by atoms with Gasteiger partial charge in [0.1, 0.15) is 5.75 Å². The summed E-state index contributed by atoms with van der Waals surface area (Å²) in [6, 6.07) is 7.60. The maximum Gasteiger partial charge on any atom is 0.315 e. The Kier molecular flexibility index (Phi) is 6.67. The smallest absolute Gasteiger partial charge is 0.315 e. The number of ether oxygens (including phenoxy) is 1. The summed E-state index contributed by atoms with van der Waals surface area (Å²) in [5, 5.41) is 8.70. The monoisotopic (exact) mass is 347 g/mol. The number of hydrogen-bond donors (Lipinski definition) is 3. The maximum absolute atomic E-state index is 12.2. The summed E-state index contributed by atoms with van der Waals surface area (Å²) in [5.41, 5.74) is 0.301. The largest absolute Gasteiger partial charge is 0.496 e. The van der Waals surface area contributed by atoms with Crippen LogP contribution in [0.15, 0.2) is 24.3 Å². The Morgan fingerprint density at radius 2 is 1.88 bits per heavy atom. The number of hydrogen-bond acceptors (Lipinski definition) is 3. The van der Waals surface area contributed by atoms with Crippen LogP contribution in [0.5, 0.6) is 5.75 Å². The second-order valence-corrected chi connectivity index (χ2v) is 7.01. The fraction of sp³-hybridized carbons (Fsp3) is 0.579. The molecule has 2 rings (SSSR count). The summed E-state index contributed by atoms with van der Waals surface area (Å²) in [6.07, 6.45) is 4.78.